The first kappa shape index (κ1) is 24.7. The predicted molar refractivity (Wildman–Crippen MR) is 133 cm³/mol. The molecule has 4 aromatic rings. The molecule has 0 fully saturated rings. The molecule has 0 spiro atoms. The molecule has 1 atom stereocenters. The molecule has 178 valence electrons. The highest BCUT2D eigenvalue weighted by molar-refractivity contribution is 9.10. The summed E-state index contributed by atoms with van der Waals surface area (Å²) in [5.41, 5.74) is 1.13. The van der Waals surface area contributed by atoms with Gasteiger partial charge in [-0.1, -0.05) is 42.2 Å². The first-order valence-corrected chi connectivity index (χ1v) is 11.7. The molecule has 0 aliphatic carbocycles. The molecule has 4 rings (SSSR count). The third-order valence-electron chi connectivity index (χ3n) is 5.48. The van der Waals surface area contributed by atoms with Gasteiger partial charge < -0.3 is 5.11 Å². The van der Waals surface area contributed by atoms with Gasteiger partial charge in [0.05, 0.1) is 6.54 Å². The summed E-state index contributed by atoms with van der Waals surface area (Å²) in [6.45, 7) is 0.545. The average molecular weight is 537 g/mol. The summed E-state index contributed by atoms with van der Waals surface area (Å²) in [7, 11) is 1.83. The van der Waals surface area contributed by atoms with Gasteiger partial charge >= 0.3 is 0 Å². The van der Waals surface area contributed by atoms with Crippen LogP contribution in [0.2, 0.25) is 0 Å². The summed E-state index contributed by atoms with van der Waals surface area (Å²) in [5.74, 6) is 4.79. The maximum absolute atomic E-state index is 14.6. The molecular weight excluding hydrogens is 514 g/mol. The van der Waals surface area contributed by atoms with E-state index in [0.29, 0.717) is 6.54 Å². The summed E-state index contributed by atoms with van der Waals surface area (Å²) >= 11 is 3.50. The van der Waals surface area contributed by atoms with Gasteiger partial charge in [0.25, 0.3) is 0 Å². The number of likely N-dealkylation sites (N-methyl/N-ethyl adjacent to an activating group) is 1. The Bertz CT molecular complexity index is 1350. The summed E-state index contributed by atoms with van der Waals surface area (Å²) in [4.78, 5) is 5.77. The van der Waals surface area contributed by atoms with Crippen molar-refractivity contribution in [1.29, 1.82) is 0 Å². The summed E-state index contributed by atoms with van der Waals surface area (Å²) < 4.78 is 30.5. The van der Waals surface area contributed by atoms with Crippen LogP contribution in [-0.4, -0.2) is 38.4 Å². The Labute approximate surface area is 211 Å². The zero-order valence-electron chi connectivity index (χ0n) is 19.0. The van der Waals surface area contributed by atoms with E-state index in [-0.39, 0.29) is 18.7 Å². The third-order valence-corrected chi connectivity index (χ3v) is 6.17. The molecule has 1 N–H and O–H groups in total. The van der Waals surface area contributed by atoms with E-state index in [1.807, 2.05) is 60.5 Å². The second-order valence-corrected chi connectivity index (χ2v) is 9.20. The molecule has 0 aliphatic rings. The number of aromatic nitrogens is 3. The van der Waals surface area contributed by atoms with Gasteiger partial charge in [-0.2, -0.15) is 5.10 Å². The van der Waals surface area contributed by atoms with Crippen LogP contribution in [0.3, 0.4) is 0 Å². The summed E-state index contributed by atoms with van der Waals surface area (Å²) in [6, 6.07) is 18.8. The van der Waals surface area contributed by atoms with Crippen LogP contribution in [0.1, 0.15) is 22.3 Å². The molecule has 3 aromatic carbocycles. The lowest BCUT2D eigenvalue weighted by Gasteiger charge is -2.33. The fourth-order valence-corrected chi connectivity index (χ4v) is 4.26. The van der Waals surface area contributed by atoms with Crippen molar-refractivity contribution in [2.75, 3.05) is 13.6 Å². The van der Waals surface area contributed by atoms with Crippen LogP contribution in [0, 0.1) is 23.5 Å². The third kappa shape index (κ3) is 6.40. The Balaban J connectivity index is 1.49. The summed E-state index contributed by atoms with van der Waals surface area (Å²) in [5, 5.41) is 15.5. The molecule has 0 saturated heterocycles. The second kappa shape index (κ2) is 10.9. The lowest BCUT2D eigenvalue weighted by Crippen LogP contribution is -2.43. The minimum absolute atomic E-state index is 0.000977. The molecule has 1 heterocycles. The minimum atomic E-state index is -1.66. The van der Waals surface area contributed by atoms with Crippen molar-refractivity contribution in [3.05, 3.63) is 118 Å². The zero-order chi connectivity index (χ0) is 24.8. The quantitative estimate of drug-likeness (QED) is 0.347. The van der Waals surface area contributed by atoms with E-state index >= 15 is 0 Å². The topological polar surface area (TPSA) is 54.2 Å². The van der Waals surface area contributed by atoms with E-state index in [9.17, 15) is 13.9 Å². The zero-order valence-corrected chi connectivity index (χ0v) is 20.6. The number of nitrogens with zero attached hydrogens (tertiary/aromatic N) is 4. The van der Waals surface area contributed by atoms with Crippen molar-refractivity contribution in [2.24, 2.45) is 0 Å². The maximum atomic E-state index is 14.6. The first-order valence-electron chi connectivity index (χ1n) is 10.9. The standard InChI is InChI=1S/C27H23BrF2N4O/c1-33(15-21-8-6-20(7-9-21)10-11-22-4-2-3-5-25(22)28)16-27(35,17-34-19-31-18-32-34)24-13-12-23(29)14-26(24)30/h2-9,12-14,18-19,35H,15-17H2,1H3. The number of halogens is 3. The first-order chi connectivity index (χ1) is 16.8. The van der Waals surface area contributed by atoms with Crippen LogP contribution in [0.4, 0.5) is 8.78 Å². The van der Waals surface area contributed by atoms with Gasteiger partial charge in [0.15, 0.2) is 0 Å². The lowest BCUT2D eigenvalue weighted by atomic mass is 9.92. The minimum Gasteiger partial charge on any atom is -0.382 e. The van der Waals surface area contributed by atoms with Crippen molar-refractivity contribution in [2.45, 2.75) is 18.7 Å². The van der Waals surface area contributed by atoms with Gasteiger partial charge in [0, 0.05) is 40.3 Å². The fraction of sp³-hybridized carbons (Fsp3) is 0.185. The smallest absolute Gasteiger partial charge is 0.137 e. The van der Waals surface area contributed by atoms with Gasteiger partial charge in [-0.15, -0.1) is 0 Å². The fourth-order valence-electron chi connectivity index (χ4n) is 3.88. The van der Waals surface area contributed by atoms with E-state index in [4.69, 9.17) is 0 Å². The predicted octanol–water partition coefficient (Wildman–Crippen LogP) is 4.74. The van der Waals surface area contributed by atoms with E-state index in [2.05, 4.69) is 37.9 Å². The molecule has 35 heavy (non-hydrogen) atoms. The number of hydrogen-bond acceptors (Lipinski definition) is 4. The molecule has 1 aromatic heterocycles. The van der Waals surface area contributed by atoms with Crippen molar-refractivity contribution in [1.82, 2.24) is 19.7 Å². The van der Waals surface area contributed by atoms with Gasteiger partial charge in [-0.3, -0.25) is 4.90 Å². The molecule has 5 nitrogen and oxygen atoms in total. The van der Waals surface area contributed by atoms with E-state index < -0.39 is 17.2 Å². The molecular formula is C27H23BrF2N4O. The molecule has 0 amide bonds. The van der Waals surface area contributed by atoms with Crippen LogP contribution in [0.25, 0.3) is 0 Å². The molecule has 0 bridgehead atoms. The van der Waals surface area contributed by atoms with Crippen LogP contribution in [-0.2, 0) is 18.7 Å². The van der Waals surface area contributed by atoms with Crippen molar-refractivity contribution >= 4 is 15.9 Å². The molecule has 0 radical (unpaired) electrons. The van der Waals surface area contributed by atoms with E-state index in [1.54, 1.807) is 0 Å². The van der Waals surface area contributed by atoms with E-state index in [1.165, 1.54) is 23.4 Å². The number of aliphatic hydroxyl groups is 1. The van der Waals surface area contributed by atoms with Crippen molar-refractivity contribution < 1.29 is 13.9 Å². The molecule has 0 aliphatic heterocycles. The Morgan fingerprint density at radius 2 is 1.83 bits per heavy atom. The van der Waals surface area contributed by atoms with E-state index in [0.717, 1.165) is 33.3 Å². The van der Waals surface area contributed by atoms with Crippen molar-refractivity contribution in [3.8, 4) is 11.8 Å². The summed E-state index contributed by atoms with van der Waals surface area (Å²) in [6.07, 6.45) is 2.78. The SMILES string of the molecule is CN(Cc1ccc(C#Cc2ccccc2Br)cc1)CC(O)(Cn1cncn1)c1ccc(F)cc1F. The maximum Gasteiger partial charge on any atom is 0.137 e. The molecule has 1 unspecified atom stereocenters. The Hall–Kier alpha value is -3.38. The number of hydrogen-bond donors (Lipinski definition) is 1. The largest absolute Gasteiger partial charge is 0.382 e. The Kier molecular flexibility index (Phi) is 7.71. The van der Waals surface area contributed by atoms with Crippen molar-refractivity contribution in [3.63, 3.8) is 0 Å². The highest BCUT2D eigenvalue weighted by atomic mass is 79.9. The monoisotopic (exact) mass is 536 g/mol. The van der Waals surface area contributed by atoms with Gasteiger partial charge in [0.1, 0.15) is 29.9 Å². The normalized spacial score (nSPS) is 12.7. The number of benzene rings is 3. The van der Waals surface area contributed by atoms with Gasteiger partial charge in [-0.05, 0) is 58.9 Å². The Morgan fingerprint density at radius 1 is 1.06 bits per heavy atom. The number of rotatable bonds is 7. The molecule has 8 heteroatoms. The Morgan fingerprint density at radius 3 is 2.51 bits per heavy atom. The lowest BCUT2D eigenvalue weighted by molar-refractivity contribution is -0.0175. The highest BCUT2D eigenvalue weighted by Gasteiger charge is 2.34. The van der Waals surface area contributed by atoms with Crippen LogP contribution >= 0.6 is 15.9 Å². The highest BCUT2D eigenvalue weighted by Crippen LogP contribution is 2.28. The van der Waals surface area contributed by atoms with Crippen LogP contribution < -0.4 is 0 Å². The molecule has 0 saturated carbocycles. The second-order valence-electron chi connectivity index (χ2n) is 8.35. The average Bonchev–Trinajstić information content (AvgIpc) is 3.32. The van der Waals surface area contributed by atoms with Gasteiger partial charge in [0.2, 0.25) is 0 Å². The van der Waals surface area contributed by atoms with Gasteiger partial charge in [-0.25, -0.2) is 18.4 Å². The van der Waals surface area contributed by atoms with Crippen LogP contribution in [0.5, 0.6) is 0 Å². The van der Waals surface area contributed by atoms with Crippen LogP contribution in [0.15, 0.2) is 83.9 Å².